The van der Waals surface area contributed by atoms with Crippen LogP contribution in [0.4, 0.5) is 11.4 Å². The lowest BCUT2D eigenvalue weighted by Gasteiger charge is -2.07. The molecule has 1 aromatic heterocycles. The Morgan fingerprint density at radius 1 is 1.29 bits per heavy atom. The summed E-state index contributed by atoms with van der Waals surface area (Å²) in [5.74, 6) is -0.319. The molecule has 3 rings (SSSR count). The number of para-hydroxylation sites is 1. The summed E-state index contributed by atoms with van der Waals surface area (Å²) in [7, 11) is 1.80. The van der Waals surface area contributed by atoms with Crippen molar-refractivity contribution in [1.29, 1.82) is 0 Å². The first-order valence-corrected chi connectivity index (χ1v) is 6.72. The summed E-state index contributed by atoms with van der Waals surface area (Å²) < 4.78 is 1.67. The molecule has 1 amide bonds. The molecule has 21 heavy (non-hydrogen) atoms. The molecule has 0 atom stereocenters. The van der Waals surface area contributed by atoms with Crippen LogP contribution in [0.25, 0.3) is 10.9 Å². The van der Waals surface area contributed by atoms with Crippen molar-refractivity contribution in [2.24, 2.45) is 7.05 Å². The standard InChI is InChI=1S/C15H13ClN4O/c1-20-13-5-3-2-4-10(13)14(19-20)15(21)18-12-8-9(16)6-7-11(12)17/h2-8H,17H2,1H3,(H,18,21). The molecule has 1 heterocycles. The smallest absolute Gasteiger partial charge is 0.276 e. The first kappa shape index (κ1) is 13.5. The number of nitrogens with one attached hydrogen (secondary N) is 1. The van der Waals surface area contributed by atoms with E-state index in [0.717, 1.165) is 10.9 Å². The molecule has 0 bridgehead atoms. The van der Waals surface area contributed by atoms with Gasteiger partial charge >= 0.3 is 0 Å². The van der Waals surface area contributed by atoms with Crippen molar-refractivity contribution >= 4 is 39.8 Å². The number of hydrogen-bond acceptors (Lipinski definition) is 3. The number of aromatic nitrogens is 2. The van der Waals surface area contributed by atoms with E-state index in [1.165, 1.54) is 0 Å². The van der Waals surface area contributed by atoms with Gasteiger partial charge in [0, 0.05) is 17.5 Å². The molecule has 0 saturated heterocycles. The third-order valence-electron chi connectivity index (χ3n) is 3.24. The number of aryl methyl sites for hydroxylation is 1. The Bertz CT molecular complexity index is 841. The molecular weight excluding hydrogens is 288 g/mol. The highest BCUT2D eigenvalue weighted by Crippen LogP contribution is 2.24. The van der Waals surface area contributed by atoms with Gasteiger partial charge < -0.3 is 11.1 Å². The van der Waals surface area contributed by atoms with Gasteiger partial charge in [0.1, 0.15) is 0 Å². The van der Waals surface area contributed by atoms with Crippen molar-refractivity contribution in [1.82, 2.24) is 9.78 Å². The third kappa shape index (κ3) is 2.43. The normalized spacial score (nSPS) is 10.8. The lowest BCUT2D eigenvalue weighted by molar-refractivity contribution is 0.102. The van der Waals surface area contributed by atoms with Crippen LogP contribution in [0.15, 0.2) is 42.5 Å². The average Bonchev–Trinajstić information content (AvgIpc) is 2.81. The molecule has 0 radical (unpaired) electrons. The van der Waals surface area contributed by atoms with Gasteiger partial charge in [0.15, 0.2) is 5.69 Å². The van der Waals surface area contributed by atoms with E-state index in [1.54, 1.807) is 29.9 Å². The van der Waals surface area contributed by atoms with Gasteiger partial charge in [-0.05, 0) is 24.3 Å². The van der Waals surface area contributed by atoms with Crippen LogP contribution >= 0.6 is 11.6 Å². The Kier molecular flexibility index (Phi) is 3.27. The zero-order chi connectivity index (χ0) is 15.0. The topological polar surface area (TPSA) is 72.9 Å². The third-order valence-corrected chi connectivity index (χ3v) is 3.47. The summed E-state index contributed by atoms with van der Waals surface area (Å²) in [6, 6.07) is 12.5. The quantitative estimate of drug-likeness (QED) is 0.714. The summed E-state index contributed by atoms with van der Waals surface area (Å²) in [6.45, 7) is 0. The fraction of sp³-hybridized carbons (Fsp3) is 0.0667. The lowest BCUT2D eigenvalue weighted by atomic mass is 10.2. The second kappa shape index (κ2) is 5.10. The number of nitrogen functional groups attached to an aromatic ring is 1. The molecule has 6 heteroatoms. The van der Waals surface area contributed by atoms with Gasteiger partial charge in [0.05, 0.1) is 16.9 Å². The van der Waals surface area contributed by atoms with Crippen LogP contribution in [0, 0.1) is 0 Å². The van der Waals surface area contributed by atoms with Gasteiger partial charge in [-0.15, -0.1) is 0 Å². The average molecular weight is 301 g/mol. The second-order valence-corrected chi connectivity index (χ2v) is 5.11. The van der Waals surface area contributed by atoms with Crippen molar-refractivity contribution in [3.8, 4) is 0 Å². The molecule has 2 aromatic carbocycles. The predicted molar refractivity (Wildman–Crippen MR) is 84.5 cm³/mol. The first-order chi connectivity index (χ1) is 10.1. The maximum atomic E-state index is 12.4. The van der Waals surface area contributed by atoms with Crippen LogP contribution < -0.4 is 11.1 Å². The van der Waals surface area contributed by atoms with Gasteiger partial charge in [-0.25, -0.2) is 0 Å². The van der Waals surface area contributed by atoms with Gasteiger partial charge in [0.25, 0.3) is 5.91 Å². The molecular formula is C15H13ClN4O. The van der Waals surface area contributed by atoms with E-state index in [0.29, 0.717) is 22.1 Å². The Balaban J connectivity index is 2.00. The number of nitrogens with two attached hydrogens (primary N) is 1. The number of nitrogens with zero attached hydrogens (tertiary/aromatic N) is 2. The number of fused-ring (bicyclic) bond motifs is 1. The van der Waals surface area contributed by atoms with Crippen molar-refractivity contribution in [2.45, 2.75) is 0 Å². The number of rotatable bonds is 2. The van der Waals surface area contributed by atoms with Gasteiger partial charge in [-0.1, -0.05) is 29.8 Å². The molecule has 0 spiro atoms. The fourth-order valence-electron chi connectivity index (χ4n) is 2.20. The fourth-order valence-corrected chi connectivity index (χ4v) is 2.37. The van der Waals surface area contributed by atoms with Gasteiger partial charge in [-0.3, -0.25) is 9.48 Å². The Morgan fingerprint density at radius 3 is 2.86 bits per heavy atom. The second-order valence-electron chi connectivity index (χ2n) is 4.68. The van der Waals surface area contributed by atoms with Gasteiger partial charge in [0.2, 0.25) is 0 Å². The molecule has 3 aromatic rings. The summed E-state index contributed by atoms with van der Waals surface area (Å²) in [4.78, 5) is 12.4. The largest absolute Gasteiger partial charge is 0.397 e. The van der Waals surface area contributed by atoms with E-state index in [1.807, 2.05) is 24.3 Å². The summed E-state index contributed by atoms with van der Waals surface area (Å²) in [5, 5.41) is 8.31. The van der Waals surface area contributed by atoms with Crippen molar-refractivity contribution in [3.05, 3.63) is 53.2 Å². The van der Waals surface area contributed by atoms with Crippen molar-refractivity contribution in [3.63, 3.8) is 0 Å². The minimum absolute atomic E-state index is 0.319. The molecule has 0 saturated carbocycles. The van der Waals surface area contributed by atoms with Crippen molar-refractivity contribution < 1.29 is 4.79 Å². The number of halogens is 1. The van der Waals surface area contributed by atoms with E-state index >= 15 is 0 Å². The molecule has 5 nitrogen and oxygen atoms in total. The van der Waals surface area contributed by atoms with Crippen LogP contribution in [0.3, 0.4) is 0 Å². The SMILES string of the molecule is Cn1nc(C(=O)Nc2cc(Cl)ccc2N)c2ccccc21. The number of carbonyl (C=O) groups is 1. The van der Waals surface area contributed by atoms with Crippen LogP contribution in [-0.4, -0.2) is 15.7 Å². The molecule has 0 unspecified atom stereocenters. The molecule has 0 aliphatic carbocycles. The van der Waals surface area contributed by atoms with Crippen LogP contribution in [0.2, 0.25) is 5.02 Å². The summed E-state index contributed by atoms with van der Waals surface area (Å²) in [6.07, 6.45) is 0. The highest BCUT2D eigenvalue weighted by atomic mass is 35.5. The number of benzene rings is 2. The van der Waals surface area contributed by atoms with Crippen LogP contribution in [0.5, 0.6) is 0 Å². The van der Waals surface area contributed by atoms with Crippen LogP contribution in [0.1, 0.15) is 10.5 Å². The highest BCUT2D eigenvalue weighted by Gasteiger charge is 2.16. The monoisotopic (exact) mass is 300 g/mol. The maximum absolute atomic E-state index is 12.4. The number of anilines is 2. The minimum Gasteiger partial charge on any atom is -0.397 e. The number of hydrogen-bond donors (Lipinski definition) is 2. The summed E-state index contributed by atoms with van der Waals surface area (Å²) in [5.41, 5.74) is 8.01. The Labute approximate surface area is 126 Å². The van der Waals surface area contributed by atoms with E-state index in [-0.39, 0.29) is 5.91 Å². The summed E-state index contributed by atoms with van der Waals surface area (Å²) >= 11 is 5.92. The van der Waals surface area contributed by atoms with E-state index < -0.39 is 0 Å². The number of carbonyl (C=O) groups excluding carboxylic acids is 1. The molecule has 3 N–H and O–H groups in total. The van der Waals surface area contributed by atoms with E-state index in [2.05, 4.69) is 10.4 Å². The highest BCUT2D eigenvalue weighted by molar-refractivity contribution is 6.31. The minimum atomic E-state index is -0.319. The van der Waals surface area contributed by atoms with E-state index in [4.69, 9.17) is 17.3 Å². The predicted octanol–water partition coefficient (Wildman–Crippen LogP) is 3.06. The Morgan fingerprint density at radius 2 is 2.05 bits per heavy atom. The Hall–Kier alpha value is -2.53. The zero-order valence-electron chi connectivity index (χ0n) is 11.3. The van der Waals surface area contributed by atoms with Crippen molar-refractivity contribution in [2.75, 3.05) is 11.1 Å². The molecule has 106 valence electrons. The molecule has 0 aliphatic heterocycles. The first-order valence-electron chi connectivity index (χ1n) is 6.34. The maximum Gasteiger partial charge on any atom is 0.276 e. The zero-order valence-corrected chi connectivity index (χ0v) is 12.1. The number of amides is 1. The van der Waals surface area contributed by atoms with E-state index in [9.17, 15) is 4.79 Å². The van der Waals surface area contributed by atoms with Crippen LogP contribution in [-0.2, 0) is 7.05 Å². The molecule has 0 fully saturated rings. The molecule has 0 aliphatic rings. The van der Waals surface area contributed by atoms with Gasteiger partial charge in [-0.2, -0.15) is 5.10 Å². The lowest BCUT2D eigenvalue weighted by Crippen LogP contribution is -2.14.